The molecule has 1 aromatic heterocycles. The number of methoxy groups -OCH3 is 1. The van der Waals surface area contributed by atoms with Crippen LogP contribution in [0.3, 0.4) is 0 Å². The Balaban J connectivity index is 1.38. The molecule has 49 heavy (non-hydrogen) atoms. The standard InChI is InChI=1S/C35H30F5N3O6/c1-19-13-23(32(44)45)7-9-25(19)21-8-11-29(47-3)27(15-21)26-10-12-30(42-17-34(36,37)18-42)41-28(26)16-43-20(2)31(48-33(43)46)22-5-4-6-24(14-22)49-35(38,39)40/h4-15,20,31H,16-18H2,1-3H3,(H,44,45)/t20-,31?/m0/s1. The highest BCUT2D eigenvalue weighted by Gasteiger charge is 2.45. The zero-order chi connectivity index (χ0) is 35.2. The quantitative estimate of drug-likeness (QED) is 0.178. The molecule has 1 unspecified atom stereocenters. The molecular formula is C35H30F5N3O6. The molecular weight excluding hydrogens is 653 g/mol. The van der Waals surface area contributed by atoms with Gasteiger partial charge in [0.1, 0.15) is 23.4 Å². The normalized spacial score (nSPS) is 18.6. The van der Waals surface area contributed by atoms with E-state index in [2.05, 4.69) is 4.74 Å². The summed E-state index contributed by atoms with van der Waals surface area (Å²) in [7, 11) is 1.48. The second-order valence-corrected chi connectivity index (χ2v) is 11.9. The number of aryl methyl sites for hydroxylation is 1. The summed E-state index contributed by atoms with van der Waals surface area (Å²) in [5.41, 5.74) is 4.06. The van der Waals surface area contributed by atoms with Crippen LogP contribution in [0.15, 0.2) is 72.8 Å². The van der Waals surface area contributed by atoms with E-state index in [-0.39, 0.29) is 23.5 Å². The van der Waals surface area contributed by atoms with Gasteiger partial charge in [0.15, 0.2) is 0 Å². The Morgan fingerprint density at radius 3 is 2.41 bits per heavy atom. The highest BCUT2D eigenvalue weighted by molar-refractivity contribution is 5.89. The third-order valence-corrected chi connectivity index (χ3v) is 8.53. The van der Waals surface area contributed by atoms with Crippen molar-refractivity contribution in [2.24, 2.45) is 0 Å². The van der Waals surface area contributed by atoms with Crippen molar-refractivity contribution in [1.82, 2.24) is 9.88 Å². The number of pyridine rings is 1. The van der Waals surface area contributed by atoms with E-state index in [9.17, 15) is 36.6 Å². The molecule has 2 atom stereocenters. The van der Waals surface area contributed by atoms with E-state index in [1.165, 1.54) is 35.1 Å². The molecule has 256 valence electrons. The lowest BCUT2D eigenvalue weighted by Gasteiger charge is -2.39. The maximum atomic E-state index is 13.8. The van der Waals surface area contributed by atoms with Gasteiger partial charge in [0.2, 0.25) is 0 Å². The summed E-state index contributed by atoms with van der Waals surface area (Å²) in [6, 6.07) is 18.0. The van der Waals surface area contributed by atoms with E-state index in [0.29, 0.717) is 28.1 Å². The number of cyclic esters (lactones) is 1. The van der Waals surface area contributed by atoms with Gasteiger partial charge in [0, 0.05) is 11.1 Å². The SMILES string of the molecule is COc1ccc(-c2ccc(C(=O)O)cc2C)cc1-c1ccc(N2CC(F)(F)C2)nc1CN1C(=O)OC(c2cccc(OC(F)(F)F)c2)[C@@H]1C. The molecule has 1 N–H and O–H groups in total. The zero-order valence-electron chi connectivity index (χ0n) is 26.4. The molecule has 2 aliphatic rings. The number of alkyl halides is 5. The van der Waals surface area contributed by atoms with Crippen molar-refractivity contribution in [3.8, 4) is 33.8 Å². The number of anilines is 1. The molecule has 0 saturated carbocycles. The van der Waals surface area contributed by atoms with Crippen LogP contribution in [-0.4, -0.2) is 65.6 Å². The molecule has 0 spiro atoms. The van der Waals surface area contributed by atoms with E-state index in [0.717, 1.165) is 23.3 Å². The Kier molecular flexibility index (Phi) is 8.59. The van der Waals surface area contributed by atoms with Crippen molar-refractivity contribution in [2.45, 2.75) is 44.8 Å². The van der Waals surface area contributed by atoms with E-state index >= 15 is 0 Å². The van der Waals surface area contributed by atoms with Gasteiger partial charge in [-0.3, -0.25) is 4.90 Å². The Labute approximate surface area is 277 Å². The van der Waals surface area contributed by atoms with Crippen LogP contribution in [0.25, 0.3) is 22.3 Å². The minimum atomic E-state index is -4.91. The van der Waals surface area contributed by atoms with Crippen LogP contribution in [0.5, 0.6) is 11.5 Å². The molecule has 14 heteroatoms. The second-order valence-electron chi connectivity index (χ2n) is 11.9. The van der Waals surface area contributed by atoms with Gasteiger partial charge in [0.05, 0.1) is 44.0 Å². The fourth-order valence-corrected chi connectivity index (χ4v) is 6.12. The van der Waals surface area contributed by atoms with E-state index in [4.69, 9.17) is 14.5 Å². The van der Waals surface area contributed by atoms with Crippen molar-refractivity contribution in [2.75, 3.05) is 25.1 Å². The molecule has 3 aromatic carbocycles. The lowest BCUT2D eigenvalue weighted by molar-refractivity contribution is -0.274. The van der Waals surface area contributed by atoms with Crippen molar-refractivity contribution in [3.05, 3.63) is 95.2 Å². The van der Waals surface area contributed by atoms with Crippen LogP contribution in [0.4, 0.5) is 32.6 Å². The fourth-order valence-electron chi connectivity index (χ4n) is 6.12. The van der Waals surface area contributed by atoms with Gasteiger partial charge in [-0.2, -0.15) is 0 Å². The van der Waals surface area contributed by atoms with Crippen LogP contribution in [-0.2, 0) is 11.3 Å². The number of halogens is 5. The summed E-state index contributed by atoms with van der Waals surface area (Å²) in [4.78, 5) is 32.3. The molecule has 1 amide bonds. The topological polar surface area (TPSA) is 101 Å². The number of aromatic carboxylic acids is 1. The van der Waals surface area contributed by atoms with Crippen molar-refractivity contribution in [1.29, 1.82) is 0 Å². The van der Waals surface area contributed by atoms with Crippen LogP contribution >= 0.6 is 0 Å². The van der Waals surface area contributed by atoms with Crippen molar-refractivity contribution >= 4 is 17.9 Å². The summed E-state index contributed by atoms with van der Waals surface area (Å²) in [5, 5.41) is 9.41. The summed E-state index contributed by atoms with van der Waals surface area (Å²) >= 11 is 0. The average Bonchev–Trinajstić information content (AvgIpc) is 3.31. The fraction of sp³-hybridized carbons (Fsp3) is 0.286. The first-order valence-electron chi connectivity index (χ1n) is 15.1. The number of rotatable bonds is 9. The van der Waals surface area contributed by atoms with Crippen LogP contribution in [0, 0.1) is 6.92 Å². The Morgan fingerprint density at radius 1 is 1.02 bits per heavy atom. The smallest absolute Gasteiger partial charge is 0.496 e. The number of nitrogens with zero attached hydrogens (tertiary/aromatic N) is 3. The highest BCUT2D eigenvalue weighted by Crippen LogP contribution is 2.41. The average molecular weight is 684 g/mol. The lowest BCUT2D eigenvalue weighted by Crippen LogP contribution is -2.56. The van der Waals surface area contributed by atoms with Gasteiger partial charge in [-0.25, -0.2) is 23.4 Å². The van der Waals surface area contributed by atoms with E-state index in [1.807, 2.05) is 12.1 Å². The van der Waals surface area contributed by atoms with E-state index < -0.39 is 55.3 Å². The molecule has 4 aromatic rings. The van der Waals surface area contributed by atoms with Crippen LogP contribution < -0.4 is 14.4 Å². The molecule has 0 aliphatic carbocycles. The van der Waals surface area contributed by atoms with Crippen LogP contribution in [0.2, 0.25) is 0 Å². The zero-order valence-corrected chi connectivity index (χ0v) is 26.4. The predicted octanol–water partition coefficient (Wildman–Crippen LogP) is 7.87. The minimum Gasteiger partial charge on any atom is -0.496 e. The molecule has 2 fully saturated rings. The molecule has 2 saturated heterocycles. The third kappa shape index (κ3) is 6.94. The van der Waals surface area contributed by atoms with Gasteiger partial charge in [-0.1, -0.05) is 24.3 Å². The number of hydrogen-bond donors (Lipinski definition) is 1. The minimum absolute atomic E-state index is 0.137. The number of ether oxygens (including phenoxy) is 3. The Morgan fingerprint density at radius 2 is 1.76 bits per heavy atom. The van der Waals surface area contributed by atoms with Gasteiger partial charge in [-0.05, 0) is 84.6 Å². The third-order valence-electron chi connectivity index (χ3n) is 8.53. The van der Waals surface area contributed by atoms with Gasteiger partial charge >= 0.3 is 18.4 Å². The molecule has 6 rings (SSSR count). The largest absolute Gasteiger partial charge is 0.573 e. The summed E-state index contributed by atoms with van der Waals surface area (Å²) in [6.07, 6.45) is -6.60. The Hall–Kier alpha value is -5.40. The number of benzene rings is 3. The number of aromatic nitrogens is 1. The highest BCUT2D eigenvalue weighted by atomic mass is 19.4. The summed E-state index contributed by atoms with van der Waals surface area (Å²) in [6.45, 7) is 2.28. The molecule has 3 heterocycles. The number of carboxylic acids is 1. The van der Waals surface area contributed by atoms with Crippen molar-refractivity contribution < 1.29 is 50.9 Å². The predicted molar refractivity (Wildman–Crippen MR) is 168 cm³/mol. The monoisotopic (exact) mass is 683 g/mol. The first kappa shape index (κ1) is 33.5. The van der Waals surface area contributed by atoms with Gasteiger partial charge in [-0.15, -0.1) is 13.2 Å². The molecule has 9 nitrogen and oxygen atoms in total. The summed E-state index contributed by atoms with van der Waals surface area (Å²) < 4.78 is 81.6. The first-order valence-corrected chi connectivity index (χ1v) is 15.1. The molecule has 2 aliphatic heterocycles. The second kappa shape index (κ2) is 12.6. The number of carbonyl (C=O) groups is 2. The lowest BCUT2D eigenvalue weighted by atomic mass is 9.93. The van der Waals surface area contributed by atoms with Crippen LogP contribution in [0.1, 0.15) is 40.2 Å². The van der Waals surface area contributed by atoms with Gasteiger partial charge in [0.25, 0.3) is 5.92 Å². The molecule has 0 radical (unpaired) electrons. The molecule has 0 bridgehead atoms. The number of carboxylic acid groups (broad SMARTS) is 1. The first-order chi connectivity index (χ1) is 23.1. The van der Waals surface area contributed by atoms with Gasteiger partial charge < -0.3 is 24.2 Å². The van der Waals surface area contributed by atoms with Crippen molar-refractivity contribution in [3.63, 3.8) is 0 Å². The number of amides is 1. The van der Waals surface area contributed by atoms with E-state index in [1.54, 1.807) is 44.2 Å². The maximum absolute atomic E-state index is 13.8. The summed E-state index contributed by atoms with van der Waals surface area (Å²) in [5.74, 6) is -3.66. The maximum Gasteiger partial charge on any atom is 0.573 e. The Bertz CT molecular complexity index is 1930. The number of hydrogen-bond acceptors (Lipinski definition) is 7. The number of carbonyl (C=O) groups excluding carboxylic acids is 1.